The van der Waals surface area contributed by atoms with E-state index in [1.54, 1.807) is 13.2 Å². The molecule has 1 nitrogen and oxygen atoms in total. The molecule has 2 aromatic rings. The van der Waals surface area contributed by atoms with Crippen LogP contribution in [0.1, 0.15) is 51.7 Å². The molecule has 2 unspecified atom stereocenters. The lowest BCUT2D eigenvalue weighted by Crippen LogP contribution is -2.29. The summed E-state index contributed by atoms with van der Waals surface area (Å²) in [7, 11) is 1.63. The van der Waals surface area contributed by atoms with Crippen molar-refractivity contribution in [1.82, 2.24) is 0 Å². The second-order valence-electron chi connectivity index (χ2n) is 8.86. The van der Waals surface area contributed by atoms with Crippen molar-refractivity contribution in [3.05, 3.63) is 59.4 Å². The molecule has 2 bridgehead atoms. The van der Waals surface area contributed by atoms with Gasteiger partial charge in [0.25, 0.3) is 0 Å². The molecule has 0 aromatic heterocycles. The van der Waals surface area contributed by atoms with E-state index in [1.165, 1.54) is 35.6 Å². The van der Waals surface area contributed by atoms with Crippen LogP contribution in [0.2, 0.25) is 0 Å². The minimum absolute atomic E-state index is 0.133. The van der Waals surface area contributed by atoms with Crippen LogP contribution in [0, 0.1) is 22.6 Å². The van der Waals surface area contributed by atoms with Crippen molar-refractivity contribution < 1.29 is 9.13 Å². The van der Waals surface area contributed by atoms with Crippen LogP contribution in [0.25, 0.3) is 16.7 Å². The zero-order valence-electron chi connectivity index (χ0n) is 17.0. The highest BCUT2D eigenvalue weighted by Gasteiger charge is 2.57. The Morgan fingerprint density at radius 2 is 1.81 bits per heavy atom. The van der Waals surface area contributed by atoms with Gasteiger partial charge in [-0.05, 0) is 76.5 Å². The van der Waals surface area contributed by atoms with Gasteiger partial charge in [0.2, 0.25) is 0 Å². The first-order chi connectivity index (χ1) is 12.8. The Kier molecular flexibility index (Phi) is 4.21. The summed E-state index contributed by atoms with van der Waals surface area (Å²) in [6.07, 6.45) is 5.90. The molecule has 0 saturated heterocycles. The maximum Gasteiger partial charge on any atom is 0.131 e. The van der Waals surface area contributed by atoms with E-state index in [2.05, 4.69) is 52.0 Å². The average molecular weight is 365 g/mol. The number of halogens is 1. The maximum absolute atomic E-state index is 14.8. The van der Waals surface area contributed by atoms with Gasteiger partial charge in [-0.25, -0.2) is 4.39 Å². The fraction of sp³-hybridized carbons (Fsp3) is 0.440. The van der Waals surface area contributed by atoms with Crippen LogP contribution >= 0.6 is 0 Å². The summed E-state index contributed by atoms with van der Waals surface area (Å²) in [6, 6.07) is 11.5. The molecule has 2 aliphatic carbocycles. The van der Waals surface area contributed by atoms with E-state index in [0.29, 0.717) is 17.2 Å². The largest absolute Gasteiger partial charge is 0.497 e. The Labute approximate surface area is 162 Å². The molecular weight excluding hydrogens is 335 g/mol. The molecule has 0 heterocycles. The van der Waals surface area contributed by atoms with Crippen molar-refractivity contribution in [2.75, 3.05) is 7.11 Å². The van der Waals surface area contributed by atoms with Crippen molar-refractivity contribution in [1.29, 1.82) is 0 Å². The smallest absolute Gasteiger partial charge is 0.131 e. The Balaban J connectivity index is 1.94. The van der Waals surface area contributed by atoms with Crippen molar-refractivity contribution in [2.45, 2.75) is 47.0 Å². The van der Waals surface area contributed by atoms with Crippen LogP contribution in [0.4, 0.5) is 4.39 Å². The lowest BCUT2D eigenvalue weighted by molar-refractivity contribution is 0.190. The molecular formula is C25H29FO. The molecule has 27 heavy (non-hydrogen) atoms. The first kappa shape index (κ1) is 18.3. The molecule has 0 radical (unpaired) electrons. The van der Waals surface area contributed by atoms with Gasteiger partial charge in [0.15, 0.2) is 0 Å². The van der Waals surface area contributed by atoms with Gasteiger partial charge in [-0.15, -0.1) is 0 Å². The number of hydrogen-bond acceptors (Lipinski definition) is 1. The number of aryl methyl sites for hydroxylation is 1. The van der Waals surface area contributed by atoms with Gasteiger partial charge in [-0.3, -0.25) is 0 Å². The number of rotatable bonds is 4. The average Bonchev–Trinajstić information content (AvgIpc) is 3.01. The lowest BCUT2D eigenvalue weighted by atomic mass is 9.65. The van der Waals surface area contributed by atoms with Crippen LogP contribution in [-0.2, 0) is 6.42 Å². The molecule has 1 saturated carbocycles. The second-order valence-corrected chi connectivity index (χ2v) is 8.86. The van der Waals surface area contributed by atoms with Crippen molar-refractivity contribution in [2.24, 2.45) is 16.7 Å². The first-order valence-corrected chi connectivity index (χ1v) is 10.0. The third-order valence-corrected chi connectivity index (χ3v) is 7.51. The van der Waals surface area contributed by atoms with E-state index < -0.39 is 0 Å². The SMILES string of the molecule is CCc1ccc(-c2cc(OC)ccc2F)c(C2=CC3CCC2(C)C3(C)C)c1. The lowest BCUT2D eigenvalue weighted by Gasteiger charge is -2.38. The molecule has 0 amide bonds. The Morgan fingerprint density at radius 1 is 1.04 bits per heavy atom. The molecule has 2 atom stereocenters. The summed E-state index contributed by atoms with van der Waals surface area (Å²) < 4.78 is 20.2. The van der Waals surface area contributed by atoms with Crippen LogP contribution < -0.4 is 4.74 Å². The predicted octanol–water partition coefficient (Wildman–Crippen LogP) is 6.90. The number of fused-ring (bicyclic) bond motifs is 2. The summed E-state index contributed by atoms with van der Waals surface area (Å²) in [5.41, 5.74) is 5.86. The minimum atomic E-state index is -0.200. The summed E-state index contributed by atoms with van der Waals surface area (Å²) in [4.78, 5) is 0. The molecule has 142 valence electrons. The van der Waals surface area contributed by atoms with Crippen molar-refractivity contribution in [3.8, 4) is 16.9 Å². The third kappa shape index (κ3) is 2.56. The van der Waals surface area contributed by atoms with Crippen LogP contribution in [0.3, 0.4) is 0 Å². The van der Waals surface area contributed by atoms with Crippen LogP contribution in [0.15, 0.2) is 42.5 Å². The molecule has 1 fully saturated rings. The zero-order valence-corrected chi connectivity index (χ0v) is 17.0. The Bertz CT molecular complexity index is 924. The number of methoxy groups -OCH3 is 1. The van der Waals surface area contributed by atoms with Crippen molar-refractivity contribution in [3.63, 3.8) is 0 Å². The van der Waals surface area contributed by atoms with Gasteiger partial charge in [-0.2, -0.15) is 0 Å². The quantitative estimate of drug-likeness (QED) is 0.573. The number of ether oxygens (including phenoxy) is 1. The first-order valence-electron chi connectivity index (χ1n) is 10.0. The predicted molar refractivity (Wildman–Crippen MR) is 110 cm³/mol. The summed E-state index contributed by atoms with van der Waals surface area (Å²) >= 11 is 0. The van der Waals surface area contributed by atoms with Crippen molar-refractivity contribution >= 4 is 5.57 Å². The van der Waals surface area contributed by atoms with E-state index in [-0.39, 0.29) is 16.6 Å². The Morgan fingerprint density at radius 3 is 2.41 bits per heavy atom. The summed E-state index contributed by atoms with van der Waals surface area (Å²) in [6.45, 7) is 9.36. The van der Waals surface area contributed by atoms with Gasteiger partial charge in [0.1, 0.15) is 11.6 Å². The van der Waals surface area contributed by atoms with E-state index in [4.69, 9.17) is 4.74 Å². The van der Waals surface area contributed by atoms with E-state index in [9.17, 15) is 4.39 Å². The van der Waals surface area contributed by atoms with E-state index in [1.807, 2.05) is 6.07 Å². The highest BCUT2D eigenvalue weighted by Crippen LogP contribution is 2.68. The highest BCUT2D eigenvalue weighted by atomic mass is 19.1. The molecule has 0 spiro atoms. The Hall–Kier alpha value is -2.09. The number of allylic oxidation sites excluding steroid dienone is 2. The monoisotopic (exact) mass is 364 g/mol. The van der Waals surface area contributed by atoms with Gasteiger partial charge < -0.3 is 4.74 Å². The highest BCUT2D eigenvalue weighted by molar-refractivity contribution is 5.86. The van der Waals surface area contributed by atoms with Gasteiger partial charge >= 0.3 is 0 Å². The second kappa shape index (κ2) is 6.22. The van der Waals surface area contributed by atoms with Crippen LogP contribution in [0.5, 0.6) is 5.75 Å². The normalized spacial score (nSPS) is 25.6. The third-order valence-electron chi connectivity index (χ3n) is 7.51. The molecule has 2 heteroatoms. The summed E-state index contributed by atoms with van der Waals surface area (Å²) in [5.74, 6) is 1.09. The number of hydrogen-bond donors (Lipinski definition) is 0. The fourth-order valence-corrected chi connectivity index (χ4v) is 5.19. The topological polar surface area (TPSA) is 9.23 Å². The van der Waals surface area contributed by atoms with E-state index >= 15 is 0 Å². The van der Waals surface area contributed by atoms with Gasteiger partial charge in [0, 0.05) is 5.56 Å². The van der Waals surface area contributed by atoms with E-state index in [0.717, 1.165) is 12.0 Å². The zero-order chi connectivity index (χ0) is 19.4. The molecule has 0 N–H and O–H groups in total. The molecule has 0 aliphatic heterocycles. The number of benzene rings is 2. The minimum Gasteiger partial charge on any atom is -0.497 e. The molecule has 2 aliphatic rings. The molecule has 4 rings (SSSR count). The summed E-state index contributed by atoms with van der Waals surface area (Å²) in [5, 5.41) is 0. The van der Waals surface area contributed by atoms with Gasteiger partial charge in [0.05, 0.1) is 7.11 Å². The van der Waals surface area contributed by atoms with Gasteiger partial charge in [-0.1, -0.05) is 52.0 Å². The standard InChI is InChI=1S/C25H29FO/c1-6-16-7-9-19(21-15-18(27-5)8-10-23(21)26)20(13-16)22-14-17-11-12-25(22,4)24(17,2)3/h7-10,13-15,17H,6,11-12H2,1-5H3. The molecule has 2 aromatic carbocycles. The fourth-order valence-electron chi connectivity index (χ4n) is 5.19. The maximum atomic E-state index is 14.8. The van der Waals surface area contributed by atoms with Crippen LogP contribution in [-0.4, -0.2) is 7.11 Å².